The molecule has 4 rings (SSSR count). The van der Waals surface area contributed by atoms with Crippen molar-refractivity contribution in [2.24, 2.45) is 0 Å². The van der Waals surface area contributed by atoms with Gasteiger partial charge in [-0.15, -0.1) is 0 Å². The van der Waals surface area contributed by atoms with E-state index in [0.717, 1.165) is 30.6 Å². The normalized spacial score (nSPS) is 17.0. The van der Waals surface area contributed by atoms with Gasteiger partial charge in [0.25, 0.3) is 0 Å². The van der Waals surface area contributed by atoms with Crippen LogP contribution in [0.25, 0.3) is 16.9 Å². The van der Waals surface area contributed by atoms with Crippen LogP contribution < -0.4 is 4.74 Å². The minimum atomic E-state index is -0.334. The third-order valence-electron chi connectivity index (χ3n) is 5.47. The summed E-state index contributed by atoms with van der Waals surface area (Å²) in [4.78, 5) is 2.40. The Bertz CT molecular complexity index is 958. The zero-order valence-corrected chi connectivity index (χ0v) is 16.8. The molecule has 152 valence electrons. The Morgan fingerprint density at radius 2 is 1.97 bits per heavy atom. The molecule has 0 aliphatic carbocycles. The van der Waals surface area contributed by atoms with Crippen LogP contribution in [0.4, 0.5) is 4.39 Å². The molecule has 29 heavy (non-hydrogen) atoms. The van der Waals surface area contributed by atoms with E-state index in [0.29, 0.717) is 36.2 Å². The maximum absolute atomic E-state index is 14.9. The van der Waals surface area contributed by atoms with Gasteiger partial charge in [-0.3, -0.25) is 4.90 Å². The first-order chi connectivity index (χ1) is 14.2. The second-order valence-corrected chi connectivity index (χ2v) is 7.35. The average Bonchev–Trinajstić information content (AvgIpc) is 3.36. The van der Waals surface area contributed by atoms with Crippen LogP contribution in [0.5, 0.6) is 5.75 Å². The van der Waals surface area contributed by atoms with E-state index in [1.807, 2.05) is 41.2 Å². The Morgan fingerprint density at radius 1 is 1.14 bits per heavy atom. The number of hydrogen-bond donors (Lipinski definition) is 0. The van der Waals surface area contributed by atoms with Crippen LogP contribution >= 0.6 is 0 Å². The van der Waals surface area contributed by atoms with Crippen molar-refractivity contribution in [2.45, 2.75) is 25.4 Å². The van der Waals surface area contributed by atoms with Crippen molar-refractivity contribution in [1.82, 2.24) is 14.7 Å². The number of ether oxygens (including phenoxy) is 2. The van der Waals surface area contributed by atoms with E-state index in [1.165, 1.54) is 13.2 Å². The monoisotopic (exact) mass is 395 g/mol. The molecule has 5 nitrogen and oxygen atoms in total. The Kier molecular flexibility index (Phi) is 5.92. The number of likely N-dealkylation sites (tertiary alicyclic amines) is 1. The van der Waals surface area contributed by atoms with E-state index in [-0.39, 0.29) is 5.82 Å². The number of methoxy groups -OCH3 is 2. The summed E-state index contributed by atoms with van der Waals surface area (Å²) < 4.78 is 27.2. The van der Waals surface area contributed by atoms with Crippen molar-refractivity contribution in [3.63, 3.8) is 0 Å². The predicted octanol–water partition coefficient (Wildman–Crippen LogP) is 4.30. The van der Waals surface area contributed by atoms with Crippen LogP contribution in [-0.4, -0.2) is 48.1 Å². The Labute approximate surface area is 170 Å². The fourth-order valence-electron chi connectivity index (χ4n) is 3.98. The van der Waals surface area contributed by atoms with E-state index in [9.17, 15) is 4.39 Å². The fraction of sp³-hybridized carbons (Fsp3) is 0.348. The van der Waals surface area contributed by atoms with Gasteiger partial charge in [0.1, 0.15) is 17.3 Å². The second kappa shape index (κ2) is 8.76. The molecule has 1 saturated heterocycles. The molecule has 1 atom stereocenters. The van der Waals surface area contributed by atoms with Crippen LogP contribution in [0.3, 0.4) is 0 Å². The molecule has 1 aliphatic heterocycles. The minimum absolute atomic E-state index is 0.334. The highest BCUT2D eigenvalue weighted by Gasteiger charge is 2.27. The molecule has 0 N–H and O–H groups in total. The van der Waals surface area contributed by atoms with Gasteiger partial charge in [-0.05, 0) is 43.7 Å². The summed E-state index contributed by atoms with van der Waals surface area (Å²) in [6.45, 7) is 2.43. The molecule has 2 heterocycles. The Morgan fingerprint density at radius 3 is 2.69 bits per heavy atom. The Balaban J connectivity index is 1.73. The first-order valence-corrected chi connectivity index (χ1v) is 9.90. The second-order valence-electron chi connectivity index (χ2n) is 7.35. The smallest absolute Gasteiger partial charge is 0.136 e. The zero-order chi connectivity index (χ0) is 20.2. The van der Waals surface area contributed by atoms with Crippen molar-refractivity contribution in [1.29, 1.82) is 0 Å². The van der Waals surface area contributed by atoms with Crippen LogP contribution in [0.15, 0.2) is 54.7 Å². The average molecular weight is 395 g/mol. The van der Waals surface area contributed by atoms with Gasteiger partial charge >= 0.3 is 0 Å². The summed E-state index contributed by atoms with van der Waals surface area (Å²) in [5.74, 6) is 0.161. The topological polar surface area (TPSA) is 39.5 Å². The number of benzene rings is 2. The standard InChI is InChI=1S/C23H26FN3O2/c1-28-16-19-9-6-12-26(19)14-17-15-27(18-7-4-3-5-8-18)25-23(17)21-11-10-20(29-2)13-22(21)24/h3-5,7-8,10-11,13,15,19H,6,9,12,14,16H2,1-2H3/t19-/m1/s1. The van der Waals surface area contributed by atoms with E-state index in [2.05, 4.69) is 4.90 Å². The maximum Gasteiger partial charge on any atom is 0.136 e. The molecular formula is C23H26FN3O2. The Hall–Kier alpha value is -2.70. The molecule has 1 fully saturated rings. The lowest BCUT2D eigenvalue weighted by molar-refractivity contribution is 0.112. The molecule has 1 aromatic heterocycles. The van der Waals surface area contributed by atoms with Crippen molar-refractivity contribution in [3.8, 4) is 22.7 Å². The molecule has 0 amide bonds. The van der Waals surface area contributed by atoms with Crippen LogP contribution in [0.1, 0.15) is 18.4 Å². The van der Waals surface area contributed by atoms with E-state index in [1.54, 1.807) is 19.2 Å². The predicted molar refractivity (Wildman–Crippen MR) is 111 cm³/mol. The van der Waals surface area contributed by atoms with Gasteiger partial charge in [-0.2, -0.15) is 5.10 Å². The van der Waals surface area contributed by atoms with Crippen LogP contribution in [-0.2, 0) is 11.3 Å². The number of para-hydroxylation sites is 1. The molecule has 6 heteroatoms. The van der Waals surface area contributed by atoms with Crippen molar-refractivity contribution in [3.05, 3.63) is 66.1 Å². The largest absolute Gasteiger partial charge is 0.497 e. The molecule has 1 aliphatic rings. The van der Waals surface area contributed by atoms with E-state index in [4.69, 9.17) is 14.6 Å². The summed E-state index contributed by atoms with van der Waals surface area (Å²) in [5.41, 5.74) is 3.10. The summed E-state index contributed by atoms with van der Waals surface area (Å²) in [6, 6.07) is 15.2. The molecule has 0 spiro atoms. The lowest BCUT2D eigenvalue weighted by Gasteiger charge is -2.23. The van der Waals surface area contributed by atoms with Gasteiger partial charge in [-0.1, -0.05) is 18.2 Å². The highest BCUT2D eigenvalue weighted by Crippen LogP contribution is 2.31. The zero-order valence-electron chi connectivity index (χ0n) is 16.8. The number of halogens is 1. The molecule has 2 aromatic carbocycles. The first kappa shape index (κ1) is 19.6. The van der Waals surface area contributed by atoms with Crippen LogP contribution in [0, 0.1) is 5.82 Å². The lowest BCUT2D eigenvalue weighted by atomic mass is 10.1. The third-order valence-corrected chi connectivity index (χ3v) is 5.47. The van der Waals surface area contributed by atoms with Gasteiger partial charge in [0.2, 0.25) is 0 Å². The minimum Gasteiger partial charge on any atom is -0.497 e. The van der Waals surface area contributed by atoms with Crippen LogP contribution in [0.2, 0.25) is 0 Å². The SMILES string of the molecule is COC[C@H]1CCCN1Cc1cn(-c2ccccc2)nc1-c1ccc(OC)cc1F. The fourth-order valence-corrected chi connectivity index (χ4v) is 3.98. The van der Waals surface area contributed by atoms with Gasteiger partial charge in [0.15, 0.2) is 0 Å². The van der Waals surface area contributed by atoms with E-state index < -0.39 is 0 Å². The van der Waals surface area contributed by atoms with Gasteiger partial charge in [-0.25, -0.2) is 9.07 Å². The molecule has 0 saturated carbocycles. The molecule has 3 aromatic rings. The summed E-state index contributed by atoms with van der Waals surface area (Å²) in [5, 5.41) is 4.76. The highest BCUT2D eigenvalue weighted by atomic mass is 19.1. The van der Waals surface area contributed by atoms with Gasteiger partial charge in [0.05, 0.1) is 19.4 Å². The molecule has 0 bridgehead atoms. The summed E-state index contributed by atoms with van der Waals surface area (Å²) in [7, 11) is 3.27. The molecule has 0 radical (unpaired) electrons. The van der Waals surface area contributed by atoms with Crippen molar-refractivity contribution < 1.29 is 13.9 Å². The lowest BCUT2D eigenvalue weighted by Crippen LogP contribution is -2.32. The van der Waals surface area contributed by atoms with Gasteiger partial charge in [0, 0.05) is 43.1 Å². The summed E-state index contributed by atoms with van der Waals surface area (Å²) in [6.07, 6.45) is 4.27. The van der Waals surface area contributed by atoms with Crippen molar-refractivity contribution in [2.75, 3.05) is 27.4 Å². The first-order valence-electron chi connectivity index (χ1n) is 9.90. The van der Waals surface area contributed by atoms with Crippen molar-refractivity contribution >= 4 is 0 Å². The maximum atomic E-state index is 14.9. The molecular weight excluding hydrogens is 369 g/mol. The quantitative estimate of drug-likeness (QED) is 0.598. The summed E-state index contributed by atoms with van der Waals surface area (Å²) >= 11 is 0. The number of hydrogen-bond acceptors (Lipinski definition) is 4. The number of nitrogens with zero attached hydrogens (tertiary/aromatic N) is 3. The molecule has 0 unspecified atom stereocenters. The number of aromatic nitrogens is 2. The number of rotatable bonds is 7. The highest BCUT2D eigenvalue weighted by molar-refractivity contribution is 5.65. The van der Waals surface area contributed by atoms with Gasteiger partial charge < -0.3 is 9.47 Å². The van der Waals surface area contributed by atoms with E-state index >= 15 is 0 Å². The third kappa shape index (κ3) is 4.18.